The number of aromatic nitrogens is 4. The molecule has 0 saturated heterocycles. The molecule has 0 aliphatic carbocycles. The first-order valence-electron chi connectivity index (χ1n) is 7.94. The topological polar surface area (TPSA) is 98.7 Å². The monoisotopic (exact) mass is 366 g/mol. The number of nitrogens with zero attached hydrogens (tertiary/aromatic N) is 4. The van der Waals surface area contributed by atoms with Crippen LogP contribution in [-0.4, -0.2) is 25.7 Å². The molecule has 1 unspecified atom stereocenters. The summed E-state index contributed by atoms with van der Waals surface area (Å²) >= 11 is 5.95. The maximum atomic E-state index is 12.1. The van der Waals surface area contributed by atoms with Crippen molar-refractivity contribution >= 4 is 23.5 Å². The van der Waals surface area contributed by atoms with Gasteiger partial charge in [-0.25, -0.2) is 4.68 Å². The standard InChI is InChI=1S/C18H15ClN6O/c1-10-14(16(20)26)15(11-6-8-21-9-7-11)25-18(22-10)23-17(24-25)12-2-4-13(19)5-3-12/h2-9,15H,1H3,(H2,20,26)(H,22,23,24). The van der Waals surface area contributed by atoms with Crippen LogP contribution in [0, 0.1) is 0 Å². The number of pyridine rings is 1. The smallest absolute Gasteiger partial charge is 0.248 e. The van der Waals surface area contributed by atoms with Crippen molar-refractivity contribution in [3.05, 3.63) is 70.6 Å². The number of carbonyl (C=O) groups is 1. The summed E-state index contributed by atoms with van der Waals surface area (Å²) in [5.41, 5.74) is 8.42. The van der Waals surface area contributed by atoms with Gasteiger partial charge in [0, 0.05) is 28.7 Å². The Morgan fingerprint density at radius 3 is 2.54 bits per heavy atom. The van der Waals surface area contributed by atoms with Crippen LogP contribution in [0.3, 0.4) is 0 Å². The first-order valence-corrected chi connectivity index (χ1v) is 8.32. The first-order chi connectivity index (χ1) is 12.5. The van der Waals surface area contributed by atoms with Crippen LogP contribution >= 0.6 is 11.6 Å². The van der Waals surface area contributed by atoms with Crippen molar-refractivity contribution in [1.82, 2.24) is 19.7 Å². The second-order valence-corrected chi connectivity index (χ2v) is 6.36. The minimum atomic E-state index is -0.508. The molecule has 0 saturated carbocycles. The zero-order chi connectivity index (χ0) is 18.3. The number of hydrogen-bond donors (Lipinski definition) is 2. The molecule has 0 bridgehead atoms. The molecule has 1 aliphatic heterocycles. The van der Waals surface area contributed by atoms with Crippen molar-refractivity contribution < 1.29 is 4.79 Å². The van der Waals surface area contributed by atoms with Gasteiger partial charge >= 0.3 is 0 Å². The molecule has 2 aromatic heterocycles. The molecule has 4 rings (SSSR count). The maximum Gasteiger partial charge on any atom is 0.248 e. The van der Waals surface area contributed by atoms with E-state index in [0.717, 1.165) is 11.1 Å². The Bertz CT molecular complexity index is 1010. The summed E-state index contributed by atoms with van der Waals surface area (Å²) in [5, 5.41) is 8.37. The van der Waals surface area contributed by atoms with E-state index in [1.807, 2.05) is 24.3 Å². The fourth-order valence-electron chi connectivity index (χ4n) is 3.05. The van der Waals surface area contributed by atoms with Crippen LogP contribution < -0.4 is 11.1 Å². The molecule has 26 heavy (non-hydrogen) atoms. The summed E-state index contributed by atoms with van der Waals surface area (Å²) in [6.45, 7) is 1.80. The van der Waals surface area contributed by atoms with Gasteiger partial charge < -0.3 is 11.1 Å². The Labute approximate surface area is 154 Å². The minimum Gasteiger partial charge on any atom is -0.366 e. The van der Waals surface area contributed by atoms with E-state index in [2.05, 4.69) is 20.4 Å². The van der Waals surface area contributed by atoms with Crippen LogP contribution in [0.15, 0.2) is 60.1 Å². The lowest BCUT2D eigenvalue weighted by molar-refractivity contribution is -0.115. The molecule has 0 spiro atoms. The molecule has 3 heterocycles. The Hall–Kier alpha value is -3.19. The van der Waals surface area contributed by atoms with Crippen molar-refractivity contribution in [3.8, 4) is 11.4 Å². The lowest BCUT2D eigenvalue weighted by Gasteiger charge is -2.27. The third-order valence-electron chi connectivity index (χ3n) is 4.24. The minimum absolute atomic E-state index is 0.441. The van der Waals surface area contributed by atoms with Crippen LogP contribution in [0.1, 0.15) is 18.5 Å². The number of amides is 1. The van der Waals surface area contributed by atoms with E-state index in [-0.39, 0.29) is 0 Å². The van der Waals surface area contributed by atoms with Gasteiger partial charge in [0.15, 0.2) is 5.82 Å². The van der Waals surface area contributed by atoms with Gasteiger partial charge in [-0.2, -0.15) is 4.98 Å². The van der Waals surface area contributed by atoms with E-state index in [1.165, 1.54) is 0 Å². The number of halogens is 1. The quantitative estimate of drug-likeness (QED) is 0.742. The van der Waals surface area contributed by atoms with Gasteiger partial charge in [0.25, 0.3) is 0 Å². The highest BCUT2D eigenvalue weighted by atomic mass is 35.5. The molecule has 8 heteroatoms. The van der Waals surface area contributed by atoms with Crippen LogP contribution in [0.2, 0.25) is 5.02 Å². The lowest BCUT2D eigenvalue weighted by atomic mass is 9.96. The number of hydrogen-bond acceptors (Lipinski definition) is 5. The third kappa shape index (κ3) is 2.72. The fraction of sp³-hybridized carbons (Fsp3) is 0.111. The predicted molar refractivity (Wildman–Crippen MR) is 98.4 cm³/mol. The fourth-order valence-corrected chi connectivity index (χ4v) is 3.17. The SMILES string of the molecule is CC1=C(C(N)=O)C(c2ccncc2)n2nc(-c3ccc(Cl)cc3)nc2N1. The van der Waals surface area contributed by atoms with Crippen molar-refractivity contribution in [2.24, 2.45) is 5.73 Å². The zero-order valence-corrected chi connectivity index (χ0v) is 14.6. The van der Waals surface area contributed by atoms with E-state index in [4.69, 9.17) is 17.3 Å². The predicted octanol–water partition coefficient (Wildman–Crippen LogP) is 2.77. The van der Waals surface area contributed by atoms with Crippen molar-refractivity contribution in [3.63, 3.8) is 0 Å². The number of nitrogens with one attached hydrogen (secondary N) is 1. The highest BCUT2D eigenvalue weighted by Crippen LogP contribution is 2.35. The second-order valence-electron chi connectivity index (χ2n) is 5.92. The van der Waals surface area contributed by atoms with Crippen LogP contribution in [0.4, 0.5) is 5.95 Å². The Kier molecular flexibility index (Phi) is 3.93. The molecule has 3 N–H and O–H groups in total. The average Bonchev–Trinajstić information content (AvgIpc) is 3.05. The van der Waals surface area contributed by atoms with Gasteiger partial charge in [-0.05, 0) is 48.9 Å². The molecule has 0 radical (unpaired) electrons. The van der Waals surface area contributed by atoms with Crippen molar-refractivity contribution in [2.45, 2.75) is 13.0 Å². The first kappa shape index (κ1) is 16.3. The summed E-state index contributed by atoms with van der Waals surface area (Å²) in [7, 11) is 0. The molecular formula is C18H15ClN6O. The molecule has 0 fully saturated rings. The number of primary amides is 1. The molecule has 1 aliphatic rings. The van der Waals surface area contributed by atoms with E-state index in [0.29, 0.717) is 28.1 Å². The summed E-state index contributed by atoms with van der Waals surface area (Å²) < 4.78 is 1.67. The molecule has 3 aromatic rings. The molecule has 7 nitrogen and oxygen atoms in total. The highest BCUT2D eigenvalue weighted by molar-refractivity contribution is 6.30. The largest absolute Gasteiger partial charge is 0.366 e. The summed E-state index contributed by atoms with van der Waals surface area (Å²) in [5.74, 6) is 0.562. The molecule has 1 atom stereocenters. The van der Waals surface area contributed by atoms with Gasteiger partial charge in [-0.3, -0.25) is 9.78 Å². The van der Waals surface area contributed by atoms with Gasteiger partial charge in [0.2, 0.25) is 11.9 Å². The number of nitrogens with two attached hydrogens (primary N) is 1. The Morgan fingerprint density at radius 2 is 1.88 bits per heavy atom. The number of carbonyl (C=O) groups excluding carboxylic acids is 1. The Balaban J connectivity index is 1.87. The normalized spacial score (nSPS) is 16.2. The summed E-state index contributed by atoms with van der Waals surface area (Å²) in [4.78, 5) is 20.7. The van der Waals surface area contributed by atoms with E-state index >= 15 is 0 Å². The number of fused-ring (bicyclic) bond motifs is 1. The van der Waals surface area contributed by atoms with Crippen molar-refractivity contribution in [2.75, 3.05) is 5.32 Å². The maximum absolute atomic E-state index is 12.1. The van der Waals surface area contributed by atoms with E-state index in [1.54, 1.807) is 36.1 Å². The number of allylic oxidation sites excluding steroid dienone is 1. The van der Waals surface area contributed by atoms with Crippen molar-refractivity contribution in [1.29, 1.82) is 0 Å². The van der Waals surface area contributed by atoms with Gasteiger partial charge in [-0.1, -0.05) is 11.6 Å². The molecule has 1 amide bonds. The average molecular weight is 367 g/mol. The highest BCUT2D eigenvalue weighted by Gasteiger charge is 2.33. The van der Waals surface area contributed by atoms with E-state index in [9.17, 15) is 4.79 Å². The number of benzene rings is 1. The Morgan fingerprint density at radius 1 is 1.19 bits per heavy atom. The van der Waals surface area contributed by atoms with E-state index < -0.39 is 11.9 Å². The van der Waals surface area contributed by atoms with Gasteiger partial charge in [0.1, 0.15) is 6.04 Å². The summed E-state index contributed by atoms with van der Waals surface area (Å²) in [6, 6.07) is 10.5. The van der Waals surface area contributed by atoms with Crippen LogP contribution in [0.25, 0.3) is 11.4 Å². The van der Waals surface area contributed by atoms with Crippen LogP contribution in [0.5, 0.6) is 0 Å². The lowest BCUT2D eigenvalue weighted by Crippen LogP contribution is -2.31. The second kappa shape index (κ2) is 6.27. The third-order valence-corrected chi connectivity index (χ3v) is 4.49. The molecular weight excluding hydrogens is 352 g/mol. The zero-order valence-electron chi connectivity index (χ0n) is 13.8. The van der Waals surface area contributed by atoms with Gasteiger partial charge in [-0.15, -0.1) is 5.10 Å². The van der Waals surface area contributed by atoms with Gasteiger partial charge in [0.05, 0.1) is 5.57 Å². The number of rotatable bonds is 3. The number of anilines is 1. The molecule has 1 aromatic carbocycles. The van der Waals surface area contributed by atoms with Crippen LogP contribution in [-0.2, 0) is 4.79 Å². The summed E-state index contributed by atoms with van der Waals surface area (Å²) in [6.07, 6.45) is 3.34. The molecule has 130 valence electrons.